The highest BCUT2D eigenvalue weighted by Gasteiger charge is 2.23. The number of allylic oxidation sites excluding steroid dienone is 1. The molecule has 1 amide bonds. The molecule has 6 heteroatoms. The molecular weight excluding hydrogens is 316 g/mol. The van der Waals surface area contributed by atoms with Crippen molar-refractivity contribution in [2.75, 3.05) is 18.9 Å². The van der Waals surface area contributed by atoms with E-state index < -0.39 is 5.91 Å². The second-order valence-corrected chi connectivity index (χ2v) is 6.44. The monoisotopic (exact) mass is 340 g/mol. The van der Waals surface area contributed by atoms with Crippen molar-refractivity contribution in [3.8, 4) is 5.75 Å². The highest BCUT2D eigenvalue weighted by atomic mass is 16.5. The lowest BCUT2D eigenvalue weighted by atomic mass is 9.94. The maximum Gasteiger partial charge on any atom is 0.252 e. The molecule has 1 saturated carbocycles. The number of fused-ring (bicyclic) bond motifs is 1. The standard InChI is InChI=1S/C19H24N4O2/c1-11(20)17(19(21)24)18(22-2)13-8-12-6-7-15(9-16(12)23-10-13)25-14-4-3-5-14/h6-9,14,23H,3-5,10,20H2,1-2H3,(H2,21,24)/b17-11-,22-18?. The van der Waals surface area contributed by atoms with E-state index in [0.717, 1.165) is 35.4 Å². The molecule has 0 saturated heterocycles. The normalized spacial score (nSPS) is 18.3. The highest BCUT2D eigenvalue weighted by molar-refractivity contribution is 6.29. The molecule has 2 aliphatic rings. The van der Waals surface area contributed by atoms with Crippen molar-refractivity contribution in [1.82, 2.24) is 0 Å². The lowest BCUT2D eigenvalue weighted by Gasteiger charge is -2.27. The summed E-state index contributed by atoms with van der Waals surface area (Å²) in [4.78, 5) is 16.0. The average Bonchev–Trinajstić information content (AvgIpc) is 2.54. The lowest BCUT2D eigenvalue weighted by molar-refractivity contribution is -0.114. The minimum atomic E-state index is -0.573. The Kier molecular flexibility index (Phi) is 4.79. The van der Waals surface area contributed by atoms with E-state index in [9.17, 15) is 4.79 Å². The summed E-state index contributed by atoms with van der Waals surface area (Å²) in [5.74, 6) is 0.309. The second kappa shape index (κ2) is 7.01. The number of hydrogen-bond acceptors (Lipinski definition) is 5. The van der Waals surface area contributed by atoms with Gasteiger partial charge in [0, 0.05) is 31.0 Å². The Labute approximate surface area is 147 Å². The highest BCUT2D eigenvalue weighted by Crippen LogP contribution is 2.32. The number of benzene rings is 1. The second-order valence-electron chi connectivity index (χ2n) is 6.44. The molecular formula is C19H24N4O2. The Morgan fingerprint density at radius 1 is 1.32 bits per heavy atom. The van der Waals surface area contributed by atoms with Gasteiger partial charge < -0.3 is 21.5 Å². The number of amides is 1. The Balaban J connectivity index is 1.88. The van der Waals surface area contributed by atoms with Gasteiger partial charge in [0.15, 0.2) is 0 Å². The maximum absolute atomic E-state index is 11.8. The van der Waals surface area contributed by atoms with Crippen molar-refractivity contribution >= 4 is 23.4 Å². The fourth-order valence-electron chi connectivity index (χ4n) is 3.06. The first-order chi connectivity index (χ1) is 12.0. The summed E-state index contributed by atoms with van der Waals surface area (Å²) < 4.78 is 5.94. The predicted octanol–water partition coefficient (Wildman–Crippen LogP) is 2.22. The Bertz CT molecular complexity index is 785. The van der Waals surface area contributed by atoms with E-state index in [1.165, 1.54) is 6.42 Å². The van der Waals surface area contributed by atoms with E-state index in [0.29, 0.717) is 24.1 Å². The Hall–Kier alpha value is -2.76. The van der Waals surface area contributed by atoms with E-state index in [1.807, 2.05) is 24.3 Å². The first-order valence-corrected chi connectivity index (χ1v) is 8.48. The summed E-state index contributed by atoms with van der Waals surface area (Å²) in [5.41, 5.74) is 15.4. The molecule has 6 nitrogen and oxygen atoms in total. The van der Waals surface area contributed by atoms with Gasteiger partial charge in [0.05, 0.1) is 17.4 Å². The molecule has 5 N–H and O–H groups in total. The molecule has 0 radical (unpaired) electrons. The van der Waals surface area contributed by atoms with Crippen LogP contribution in [0.4, 0.5) is 5.69 Å². The van der Waals surface area contributed by atoms with Crippen molar-refractivity contribution < 1.29 is 9.53 Å². The zero-order valence-electron chi connectivity index (χ0n) is 14.6. The van der Waals surface area contributed by atoms with Crippen molar-refractivity contribution in [3.05, 3.63) is 40.6 Å². The van der Waals surface area contributed by atoms with Gasteiger partial charge in [-0.15, -0.1) is 0 Å². The van der Waals surface area contributed by atoms with Crippen molar-refractivity contribution in [2.24, 2.45) is 16.5 Å². The molecule has 1 aliphatic carbocycles. The smallest absolute Gasteiger partial charge is 0.252 e. The van der Waals surface area contributed by atoms with Gasteiger partial charge in [0.1, 0.15) is 5.75 Å². The fourth-order valence-corrected chi connectivity index (χ4v) is 3.06. The van der Waals surface area contributed by atoms with Crippen LogP contribution in [0.1, 0.15) is 31.7 Å². The van der Waals surface area contributed by atoms with Gasteiger partial charge in [0.2, 0.25) is 0 Å². The van der Waals surface area contributed by atoms with Crippen LogP contribution in [0.15, 0.2) is 40.0 Å². The number of nitrogens with one attached hydrogen (secondary N) is 1. The number of hydrogen-bond donors (Lipinski definition) is 3. The minimum Gasteiger partial charge on any atom is -0.490 e. The molecule has 132 valence electrons. The fraction of sp³-hybridized carbons (Fsp3) is 0.368. The van der Waals surface area contributed by atoms with E-state index in [2.05, 4.69) is 10.3 Å². The molecule has 3 rings (SSSR count). The van der Waals surface area contributed by atoms with Crippen LogP contribution < -0.4 is 21.5 Å². The van der Waals surface area contributed by atoms with Gasteiger partial charge in [-0.3, -0.25) is 9.79 Å². The third-order valence-corrected chi connectivity index (χ3v) is 4.58. The minimum absolute atomic E-state index is 0.268. The topological polar surface area (TPSA) is 103 Å². The lowest BCUT2D eigenvalue weighted by Crippen LogP contribution is -2.28. The number of primary amides is 1. The summed E-state index contributed by atoms with van der Waals surface area (Å²) in [6.45, 7) is 2.19. The average molecular weight is 340 g/mol. The molecule has 0 bridgehead atoms. The van der Waals surface area contributed by atoms with Gasteiger partial charge in [-0.25, -0.2) is 0 Å². The number of aliphatic imine (C=N–C) groups is 1. The molecule has 25 heavy (non-hydrogen) atoms. The first-order valence-electron chi connectivity index (χ1n) is 8.48. The molecule has 1 aromatic carbocycles. The van der Waals surface area contributed by atoms with Gasteiger partial charge in [-0.2, -0.15) is 0 Å². The zero-order chi connectivity index (χ0) is 18.0. The molecule has 0 unspecified atom stereocenters. The molecule has 1 heterocycles. The van der Waals surface area contributed by atoms with Crippen LogP contribution in [0.25, 0.3) is 6.08 Å². The molecule has 0 atom stereocenters. The number of anilines is 1. The van der Waals surface area contributed by atoms with Crippen molar-refractivity contribution in [2.45, 2.75) is 32.3 Å². The van der Waals surface area contributed by atoms with E-state index in [-0.39, 0.29) is 5.57 Å². The summed E-state index contributed by atoms with van der Waals surface area (Å²) in [5, 5.41) is 3.37. The Morgan fingerprint density at radius 3 is 2.64 bits per heavy atom. The van der Waals surface area contributed by atoms with Crippen molar-refractivity contribution in [3.63, 3.8) is 0 Å². The van der Waals surface area contributed by atoms with Crippen LogP contribution in [0.5, 0.6) is 5.75 Å². The van der Waals surface area contributed by atoms with Crippen LogP contribution in [0.3, 0.4) is 0 Å². The summed E-state index contributed by atoms with van der Waals surface area (Å²) in [7, 11) is 1.63. The number of nitrogens with zero attached hydrogens (tertiary/aromatic N) is 1. The SMILES string of the molecule is CN=C(C1=Cc2ccc(OC3CCC3)cc2NC1)/C(C(N)=O)=C(\C)N. The Morgan fingerprint density at radius 2 is 2.08 bits per heavy atom. The molecule has 0 aromatic heterocycles. The molecule has 1 fully saturated rings. The van der Waals surface area contributed by atoms with Crippen molar-refractivity contribution in [1.29, 1.82) is 0 Å². The van der Waals surface area contributed by atoms with E-state index in [4.69, 9.17) is 16.2 Å². The van der Waals surface area contributed by atoms with Crippen LogP contribution in [-0.2, 0) is 4.79 Å². The van der Waals surface area contributed by atoms with E-state index >= 15 is 0 Å². The van der Waals surface area contributed by atoms with Gasteiger partial charge in [0.25, 0.3) is 5.91 Å². The van der Waals surface area contributed by atoms with Crippen LogP contribution >= 0.6 is 0 Å². The van der Waals surface area contributed by atoms with Gasteiger partial charge in [-0.05, 0) is 55.5 Å². The van der Waals surface area contributed by atoms with Crippen LogP contribution in [0.2, 0.25) is 0 Å². The number of rotatable bonds is 5. The predicted molar refractivity (Wildman–Crippen MR) is 101 cm³/mol. The molecule has 1 aliphatic heterocycles. The summed E-state index contributed by atoms with van der Waals surface area (Å²) in [6.07, 6.45) is 5.86. The van der Waals surface area contributed by atoms with Crippen LogP contribution in [0, 0.1) is 0 Å². The molecule has 1 aromatic rings. The number of carbonyl (C=O) groups is 1. The summed E-state index contributed by atoms with van der Waals surface area (Å²) in [6, 6.07) is 5.99. The quantitative estimate of drug-likeness (QED) is 0.565. The third kappa shape index (κ3) is 3.52. The number of carbonyl (C=O) groups excluding carboxylic acids is 1. The first kappa shape index (κ1) is 17.1. The zero-order valence-corrected chi connectivity index (χ0v) is 14.6. The number of ether oxygens (including phenoxy) is 1. The largest absolute Gasteiger partial charge is 0.490 e. The van der Waals surface area contributed by atoms with Crippen LogP contribution in [-0.4, -0.2) is 31.3 Å². The number of nitrogens with two attached hydrogens (primary N) is 2. The van der Waals surface area contributed by atoms with Gasteiger partial charge in [-0.1, -0.05) is 0 Å². The molecule has 0 spiro atoms. The summed E-state index contributed by atoms with van der Waals surface area (Å²) >= 11 is 0. The maximum atomic E-state index is 11.8. The van der Waals surface area contributed by atoms with E-state index in [1.54, 1.807) is 14.0 Å². The van der Waals surface area contributed by atoms with Gasteiger partial charge >= 0.3 is 0 Å². The third-order valence-electron chi connectivity index (χ3n) is 4.58.